The SMILES string of the molecule is O=C(Nc1ccccc1)c1cn2cc(F)cc(F)c2n1. The lowest BCUT2D eigenvalue weighted by molar-refractivity contribution is 0.102. The van der Waals surface area contributed by atoms with Gasteiger partial charge in [0.05, 0.1) is 0 Å². The number of para-hydroxylation sites is 1. The van der Waals surface area contributed by atoms with Crippen LogP contribution in [0.5, 0.6) is 0 Å². The minimum Gasteiger partial charge on any atom is -0.321 e. The first kappa shape index (κ1) is 12.3. The number of nitrogens with zero attached hydrogens (tertiary/aromatic N) is 2. The Morgan fingerprint density at radius 2 is 1.90 bits per heavy atom. The largest absolute Gasteiger partial charge is 0.321 e. The Morgan fingerprint density at radius 3 is 2.65 bits per heavy atom. The van der Waals surface area contributed by atoms with Gasteiger partial charge < -0.3 is 9.72 Å². The summed E-state index contributed by atoms with van der Waals surface area (Å²) in [5.74, 6) is -2.04. The van der Waals surface area contributed by atoms with Gasteiger partial charge in [-0.15, -0.1) is 0 Å². The minimum absolute atomic E-state index is 0.0124. The lowest BCUT2D eigenvalue weighted by Crippen LogP contribution is -2.12. The summed E-state index contributed by atoms with van der Waals surface area (Å²) in [6.45, 7) is 0. The molecule has 1 aromatic carbocycles. The highest BCUT2D eigenvalue weighted by Crippen LogP contribution is 2.13. The second-order valence-electron chi connectivity index (χ2n) is 4.18. The Morgan fingerprint density at radius 1 is 1.15 bits per heavy atom. The molecule has 3 rings (SSSR count). The predicted octanol–water partition coefficient (Wildman–Crippen LogP) is 2.86. The van der Waals surface area contributed by atoms with Crippen molar-refractivity contribution < 1.29 is 13.6 Å². The number of carbonyl (C=O) groups excluding carboxylic acids is 1. The molecule has 1 amide bonds. The van der Waals surface area contributed by atoms with Gasteiger partial charge in [0.2, 0.25) is 0 Å². The maximum absolute atomic E-state index is 13.5. The predicted molar refractivity (Wildman–Crippen MR) is 69.5 cm³/mol. The Labute approximate surface area is 112 Å². The van der Waals surface area contributed by atoms with Gasteiger partial charge in [0.15, 0.2) is 11.5 Å². The Bertz CT molecular complexity index is 784. The van der Waals surface area contributed by atoms with E-state index in [9.17, 15) is 13.6 Å². The Balaban J connectivity index is 1.94. The van der Waals surface area contributed by atoms with E-state index in [4.69, 9.17) is 0 Å². The zero-order valence-corrected chi connectivity index (χ0v) is 10.2. The van der Waals surface area contributed by atoms with Crippen LogP contribution in [-0.2, 0) is 0 Å². The van der Waals surface area contributed by atoms with E-state index in [1.54, 1.807) is 24.3 Å². The third-order valence-electron chi connectivity index (χ3n) is 2.74. The molecule has 0 spiro atoms. The highest BCUT2D eigenvalue weighted by atomic mass is 19.1. The summed E-state index contributed by atoms with van der Waals surface area (Å²) in [7, 11) is 0. The number of hydrogen-bond acceptors (Lipinski definition) is 2. The number of anilines is 1. The number of imidazole rings is 1. The van der Waals surface area contributed by atoms with Crippen LogP contribution in [0.1, 0.15) is 10.5 Å². The number of nitrogens with one attached hydrogen (secondary N) is 1. The van der Waals surface area contributed by atoms with Crippen LogP contribution in [-0.4, -0.2) is 15.3 Å². The molecule has 0 aliphatic heterocycles. The van der Waals surface area contributed by atoms with E-state index in [1.165, 1.54) is 6.20 Å². The van der Waals surface area contributed by atoms with Crippen LogP contribution < -0.4 is 5.32 Å². The van der Waals surface area contributed by atoms with Crippen molar-refractivity contribution in [1.82, 2.24) is 9.38 Å². The van der Waals surface area contributed by atoms with E-state index in [0.717, 1.165) is 16.7 Å². The molecule has 0 aliphatic rings. The van der Waals surface area contributed by atoms with E-state index >= 15 is 0 Å². The van der Waals surface area contributed by atoms with Crippen LogP contribution in [0.2, 0.25) is 0 Å². The molecule has 3 aromatic rings. The van der Waals surface area contributed by atoms with E-state index < -0.39 is 17.5 Å². The number of pyridine rings is 1. The number of amides is 1. The normalized spacial score (nSPS) is 10.7. The molecule has 0 saturated heterocycles. The van der Waals surface area contributed by atoms with Crippen molar-refractivity contribution in [2.75, 3.05) is 5.32 Å². The quantitative estimate of drug-likeness (QED) is 0.780. The standard InChI is InChI=1S/C14H9F2N3O/c15-9-6-11(16)13-18-12(8-19(13)7-9)14(20)17-10-4-2-1-3-5-10/h1-8H,(H,17,20). The van der Waals surface area contributed by atoms with Crippen molar-refractivity contribution in [1.29, 1.82) is 0 Å². The molecule has 4 nitrogen and oxygen atoms in total. The van der Waals surface area contributed by atoms with Crippen LogP contribution in [0, 0.1) is 11.6 Å². The summed E-state index contributed by atoms with van der Waals surface area (Å²) in [6, 6.07) is 9.52. The summed E-state index contributed by atoms with van der Waals surface area (Å²) in [5.41, 5.74) is 0.518. The molecule has 0 aliphatic carbocycles. The molecular formula is C14H9F2N3O. The summed E-state index contributed by atoms with van der Waals surface area (Å²) in [5, 5.41) is 2.62. The first-order valence-electron chi connectivity index (χ1n) is 5.83. The van der Waals surface area contributed by atoms with E-state index in [-0.39, 0.29) is 11.3 Å². The molecule has 0 atom stereocenters. The highest BCUT2D eigenvalue weighted by molar-refractivity contribution is 6.03. The Kier molecular flexibility index (Phi) is 2.90. The van der Waals surface area contributed by atoms with Crippen LogP contribution >= 0.6 is 0 Å². The van der Waals surface area contributed by atoms with Gasteiger partial charge in [-0.25, -0.2) is 13.8 Å². The molecule has 100 valence electrons. The van der Waals surface area contributed by atoms with E-state index in [2.05, 4.69) is 10.3 Å². The van der Waals surface area contributed by atoms with Crippen LogP contribution in [0.15, 0.2) is 48.8 Å². The van der Waals surface area contributed by atoms with E-state index in [0.29, 0.717) is 5.69 Å². The smallest absolute Gasteiger partial charge is 0.275 e. The number of fused-ring (bicyclic) bond motifs is 1. The molecule has 20 heavy (non-hydrogen) atoms. The lowest BCUT2D eigenvalue weighted by Gasteiger charge is -2.01. The first-order valence-corrected chi connectivity index (χ1v) is 5.83. The first-order chi connectivity index (χ1) is 9.63. The molecular weight excluding hydrogens is 264 g/mol. The summed E-state index contributed by atoms with van der Waals surface area (Å²) in [4.78, 5) is 15.8. The van der Waals surface area contributed by atoms with Gasteiger partial charge in [0.25, 0.3) is 5.91 Å². The molecule has 0 saturated carbocycles. The van der Waals surface area contributed by atoms with Crippen molar-refractivity contribution in [2.24, 2.45) is 0 Å². The molecule has 0 unspecified atom stereocenters. The maximum atomic E-state index is 13.5. The molecule has 6 heteroatoms. The zero-order valence-electron chi connectivity index (χ0n) is 10.2. The van der Waals surface area contributed by atoms with Crippen molar-refractivity contribution in [3.63, 3.8) is 0 Å². The number of hydrogen-bond donors (Lipinski definition) is 1. The number of aromatic nitrogens is 2. The average Bonchev–Trinajstić information content (AvgIpc) is 2.84. The average molecular weight is 273 g/mol. The van der Waals surface area contributed by atoms with Gasteiger partial charge in [-0.05, 0) is 12.1 Å². The van der Waals surface area contributed by atoms with Crippen molar-refractivity contribution in [3.8, 4) is 0 Å². The van der Waals surface area contributed by atoms with Gasteiger partial charge in [0, 0.05) is 24.1 Å². The summed E-state index contributed by atoms with van der Waals surface area (Å²) in [6.07, 6.45) is 2.34. The molecule has 0 radical (unpaired) electrons. The van der Waals surface area contributed by atoms with Gasteiger partial charge in [0.1, 0.15) is 11.5 Å². The lowest BCUT2D eigenvalue weighted by atomic mass is 10.3. The van der Waals surface area contributed by atoms with Gasteiger partial charge in [-0.1, -0.05) is 18.2 Å². The van der Waals surface area contributed by atoms with Gasteiger partial charge in [-0.2, -0.15) is 0 Å². The van der Waals surface area contributed by atoms with Gasteiger partial charge in [-0.3, -0.25) is 4.79 Å². The highest BCUT2D eigenvalue weighted by Gasteiger charge is 2.14. The minimum atomic E-state index is -0.816. The number of benzene rings is 1. The third-order valence-corrected chi connectivity index (χ3v) is 2.74. The zero-order chi connectivity index (χ0) is 14.1. The molecule has 2 aromatic heterocycles. The van der Waals surface area contributed by atoms with Crippen LogP contribution in [0.3, 0.4) is 0 Å². The Hall–Kier alpha value is -2.76. The molecule has 0 fully saturated rings. The van der Waals surface area contributed by atoms with Crippen molar-refractivity contribution in [3.05, 3.63) is 66.1 Å². The summed E-state index contributed by atoms with van der Waals surface area (Å²) < 4.78 is 27.7. The fourth-order valence-corrected chi connectivity index (χ4v) is 1.85. The molecule has 2 heterocycles. The third kappa shape index (κ3) is 2.23. The molecule has 1 N–H and O–H groups in total. The van der Waals surface area contributed by atoms with Gasteiger partial charge >= 0.3 is 0 Å². The second-order valence-corrected chi connectivity index (χ2v) is 4.18. The summed E-state index contributed by atoms with van der Waals surface area (Å²) >= 11 is 0. The van der Waals surface area contributed by atoms with Crippen molar-refractivity contribution >= 4 is 17.2 Å². The van der Waals surface area contributed by atoms with Crippen LogP contribution in [0.25, 0.3) is 5.65 Å². The number of carbonyl (C=O) groups is 1. The maximum Gasteiger partial charge on any atom is 0.275 e. The number of rotatable bonds is 2. The molecule has 0 bridgehead atoms. The number of halogens is 2. The topological polar surface area (TPSA) is 46.4 Å². The fourth-order valence-electron chi connectivity index (χ4n) is 1.85. The monoisotopic (exact) mass is 273 g/mol. The van der Waals surface area contributed by atoms with Crippen molar-refractivity contribution in [2.45, 2.75) is 0 Å². The van der Waals surface area contributed by atoms with Crippen LogP contribution in [0.4, 0.5) is 14.5 Å². The fraction of sp³-hybridized carbons (Fsp3) is 0. The van der Waals surface area contributed by atoms with E-state index in [1.807, 2.05) is 6.07 Å². The second kappa shape index (κ2) is 4.73.